The molecule has 0 aromatic heterocycles. The van der Waals surface area contributed by atoms with E-state index >= 15 is 0 Å². The predicted molar refractivity (Wildman–Crippen MR) is 124 cm³/mol. The molecule has 282 valence electrons. The van der Waals surface area contributed by atoms with Gasteiger partial charge in [-0.25, -0.2) is 0 Å². The number of carbonyl (C=O) groups is 1. The predicted octanol–water partition coefficient (Wildman–Crippen LogP) is -9.44. The third-order valence-corrected chi connectivity index (χ3v) is 7.30. The minimum atomic E-state index is -6.35. The number of ketones is 1. The Bertz CT molecular complexity index is 1410. The van der Waals surface area contributed by atoms with E-state index in [1.165, 1.54) is 11.8 Å². The van der Waals surface area contributed by atoms with Crippen LogP contribution in [0.5, 0.6) is 0 Å². The van der Waals surface area contributed by atoms with Gasteiger partial charge >= 0.3 is 308 Å². The van der Waals surface area contributed by atoms with Crippen molar-refractivity contribution in [2.45, 2.75) is 24.2 Å². The van der Waals surface area contributed by atoms with Crippen molar-refractivity contribution in [2.24, 2.45) is 0 Å². The van der Waals surface area contributed by atoms with Crippen LogP contribution >= 0.6 is 11.8 Å². The zero-order valence-corrected chi connectivity index (χ0v) is 38.6. The monoisotopic (exact) mass is 1380 g/mol. The van der Waals surface area contributed by atoms with Gasteiger partial charge in [-0.05, 0) is 0 Å². The number of hydrogen-bond donors (Lipinski definition) is 0. The van der Waals surface area contributed by atoms with Crippen molar-refractivity contribution in [3.05, 3.63) is 48.0 Å². The van der Waals surface area contributed by atoms with Crippen molar-refractivity contribution < 1.29 is 80.0 Å². The first kappa shape index (κ1) is 53.9. The summed E-state index contributed by atoms with van der Waals surface area (Å²) in [5.74, 6) is 0.424. The summed E-state index contributed by atoms with van der Waals surface area (Å²) in [6.45, 7) is 0. The Morgan fingerprint density at radius 2 is 1.00 bits per heavy atom. The Labute approximate surface area is 303 Å². The molecule has 1 aliphatic heterocycles. The Balaban J connectivity index is -0.000000659. The van der Waals surface area contributed by atoms with Gasteiger partial charge in [0.1, 0.15) is 0 Å². The van der Waals surface area contributed by atoms with Gasteiger partial charge in [-0.1, -0.05) is 0 Å². The Kier molecular flexibility index (Phi) is 26.2. The van der Waals surface area contributed by atoms with E-state index in [0.29, 0.717) is 24.2 Å². The van der Waals surface area contributed by atoms with Crippen LogP contribution in [0.2, 0.25) is 0 Å². The molecule has 1 fully saturated rings. The average Bonchev–Trinajstić information content (AvgIpc) is 3.19. The SMILES string of the molecule is O=C(CC1([O][Sb](=[O])([O-])[F])CCCS1)c1cccc2ccccc12.[O]=[Sb]([O-])([O-])[F].[O]=[Sb]([O-])([O-])[F].[O]=[Sb]([O-])([O-])[F].[O]=[Sb]([O-])([O-])[F].[O]=[Sb]([O-])([O-])[F]. The van der Waals surface area contributed by atoms with E-state index in [9.17, 15) is 28.1 Å². The summed E-state index contributed by atoms with van der Waals surface area (Å²) in [6.07, 6.45) is 0.919. The van der Waals surface area contributed by atoms with E-state index < -0.39 is 126 Å². The van der Waals surface area contributed by atoms with Crippen LogP contribution in [0.15, 0.2) is 42.5 Å². The molecule has 32 heteroatoms. The zero-order valence-electron chi connectivity index (χ0n) is 22.5. The number of rotatable bonds is 5. The van der Waals surface area contributed by atoms with Gasteiger partial charge in [-0.2, -0.15) is 0 Å². The van der Waals surface area contributed by atoms with Crippen molar-refractivity contribution in [2.75, 3.05) is 5.75 Å². The van der Waals surface area contributed by atoms with Gasteiger partial charge in [0.05, 0.1) is 0 Å². The van der Waals surface area contributed by atoms with Crippen LogP contribution < -0.4 is 37.2 Å². The second kappa shape index (κ2) is 23.3. The second-order valence-corrected chi connectivity index (χ2v) is 24.4. The fraction of sp³-hybridized carbons (Fsp3) is 0.312. The molecule has 2 aromatic carbocycles. The molecule has 0 aliphatic carbocycles. The fourth-order valence-corrected chi connectivity index (χ4v) is 6.79. The first-order chi connectivity index (χ1) is 20.9. The molecule has 0 saturated carbocycles. The number of hydrogen-bond acceptors (Lipinski definition) is 20. The second-order valence-electron chi connectivity index (χ2n) is 7.66. The van der Waals surface area contributed by atoms with Crippen LogP contribution in [0.3, 0.4) is 0 Å². The van der Waals surface area contributed by atoms with Gasteiger partial charge in [-0.15, -0.1) is 0 Å². The number of halogens is 6. The standard InChI is InChI=1S/C16H15O2S.6FH.17O.6Sb/c17-15(11-16(18)9-4-10-19-16)14-8-3-6-12-5-1-2-7-13(12)14;;;;;;;;;;;;;;;;;;;;;;;;;;;;;/h1-3,5-8H,4,9-11H2;6*1H;;;;;;;;;;;;;;;;;;;;;;;/q-1;;;;;;;;;;;;;11*-1;5*+1;+2/p-6. The van der Waals surface area contributed by atoms with Gasteiger partial charge in [0.15, 0.2) is 0 Å². The molecule has 0 radical (unpaired) electrons. The van der Waals surface area contributed by atoms with Crippen molar-refractivity contribution in [3.63, 3.8) is 0 Å². The molecule has 19 nitrogen and oxygen atoms in total. The van der Waals surface area contributed by atoms with Gasteiger partial charge in [0.2, 0.25) is 0 Å². The number of thioether (sulfide) groups is 1. The molecule has 1 heterocycles. The number of carbonyl (C=O) groups excluding carboxylic acids is 1. The van der Waals surface area contributed by atoms with E-state index in [1.54, 1.807) is 12.1 Å². The van der Waals surface area contributed by atoms with E-state index in [-0.39, 0.29) is 12.2 Å². The van der Waals surface area contributed by atoms with Crippen LogP contribution in [0.1, 0.15) is 29.6 Å². The molecule has 2 atom stereocenters. The molecule has 0 spiro atoms. The Hall–Kier alpha value is 1.53. The van der Waals surface area contributed by atoms with Crippen molar-refractivity contribution in [3.8, 4) is 0 Å². The summed E-state index contributed by atoms with van der Waals surface area (Å²) < 4.78 is 219. The zero-order chi connectivity index (χ0) is 39.0. The first-order valence-corrected chi connectivity index (χ1v) is 36.4. The van der Waals surface area contributed by atoms with E-state index in [0.717, 1.165) is 10.8 Å². The topological polar surface area (TPSA) is 382 Å². The molecular weight excluding hydrogens is 1370 g/mol. The van der Waals surface area contributed by atoms with Crippen LogP contribution in [0, 0.1) is 0 Å². The molecule has 0 bridgehead atoms. The van der Waals surface area contributed by atoms with E-state index in [4.69, 9.17) is 52.0 Å². The van der Waals surface area contributed by atoms with Gasteiger partial charge in [0.25, 0.3) is 0 Å². The van der Waals surface area contributed by atoms with Gasteiger partial charge in [-0.3, -0.25) is 0 Å². The summed E-state index contributed by atoms with van der Waals surface area (Å²) >= 11 is -36.9. The van der Waals surface area contributed by atoms with Gasteiger partial charge < -0.3 is 0 Å². The Morgan fingerprint density at radius 3 is 1.33 bits per heavy atom. The first-order valence-electron chi connectivity index (χ1n) is 10.8. The van der Waals surface area contributed by atoms with Crippen LogP contribution in [0.25, 0.3) is 10.8 Å². The summed E-state index contributed by atoms with van der Waals surface area (Å²) in [4.78, 5) is 11.4. The van der Waals surface area contributed by atoms with E-state index in [1.807, 2.05) is 30.3 Å². The molecule has 48 heavy (non-hydrogen) atoms. The van der Waals surface area contributed by atoms with E-state index in [2.05, 4.69) is 0 Å². The maximum atomic E-state index is 13.1. The summed E-state index contributed by atoms with van der Waals surface area (Å²) in [6, 6.07) is 12.9. The molecule has 1 saturated heterocycles. The van der Waals surface area contributed by atoms with Crippen LogP contribution in [-0.2, 0) is 21.1 Å². The van der Waals surface area contributed by atoms with Crippen LogP contribution in [0.4, 0.5) is 16.9 Å². The normalized spacial score (nSPS) is 17.5. The fourth-order valence-electron chi connectivity index (χ4n) is 2.92. The number of fused-ring (bicyclic) bond motifs is 1. The quantitative estimate of drug-likeness (QED) is 0.152. The Morgan fingerprint density at radius 1 is 0.646 bits per heavy atom. The maximum absolute atomic E-state index is 13.1. The van der Waals surface area contributed by atoms with Crippen molar-refractivity contribution >= 4 is 150 Å². The summed E-state index contributed by atoms with van der Waals surface area (Å²) in [7, 11) is 0. The molecule has 2 aromatic rings. The average molecular weight is 1390 g/mol. The molecule has 0 amide bonds. The molecule has 3 rings (SSSR count). The summed E-state index contributed by atoms with van der Waals surface area (Å²) in [5, 5.41) is 1.73. The third-order valence-electron chi connectivity index (χ3n) is 3.86. The number of benzene rings is 2. The third kappa shape index (κ3) is 47.5. The van der Waals surface area contributed by atoms with Crippen molar-refractivity contribution in [1.82, 2.24) is 0 Å². The molecule has 2 unspecified atom stereocenters. The molecule has 0 N–H and O–H groups in total. The van der Waals surface area contributed by atoms with Crippen LogP contribution in [-0.4, -0.2) is 138 Å². The summed E-state index contributed by atoms with van der Waals surface area (Å²) in [5.41, 5.74) is 0.508. The minimum absolute atomic E-state index is 0.143. The van der Waals surface area contributed by atoms with Crippen molar-refractivity contribution in [1.29, 1.82) is 0 Å². The number of Topliss-reactive ketones (excluding diaryl/α,β-unsaturated/α-hetero) is 1. The van der Waals surface area contributed by atoms with Gasteiger partial charge in [0, 0.05) is 0 Å². The molecular formula is C16H15F6O19SSb6-11. The molecule has 1 aliphatic rings.